The van der Waals surface area contributed by atoms with E-state index >= 15 is 0 Å². The highest BCUT2D eigenvalue weighted by molar-refractivity contribution is 5.72. The van der Waals surface area contributed by atoms with Crippen molar-refractivity contribution in [2.45, 2.75) is 13.8 Å². The van der Waals surface area contributed by atoms with Crippen molar-refractivity contribution in [2.75, 3.05) is 5.73 Å². The lowest BCUT2D eigenvalue weighted by Crippen LogP contribution is -1.90. The molecule has 0 amide bonds. The number of benzene rings is 1. The molecule has 13 heavy (non-hydrogen) atoms. The summed E-state index contributed by atoms with van der Waals surface area (Å²) in [6.45, 7) is 7.78. The fourth-order valence-corrected chi connectivity index (χ4v) is 1.17. The molecule has 0 saturated heterocycles. The van der Waals surface area contributed by atoms with Gasteiger partial charge in [0.25, 0.3) is 0 Å². The highest BCUT2D eigenvalue weighted by Crippen LogP contribution is 2.20. The third-order valence-electron chi connectivity index (χ3n) is 2.20. The van der Waals surface area contributed by atoms with Crippen molar-refractivity contribution in [1.29, 1.82) is 0 Å². The van der Waals surface area contributed by atoms with Crippen LogP contribution in [0.4, 0.5) is 5.69 Å². The molecule has 1 aromatic carbocycles. The number of hydrogen-bond donors (Lipinski definition) is 1. The topological polar surface area (TPSA) is 26.0 Å². The molecule has 1 heteroatoms. The van der Waals surface area contributed by atoms with Crippen LogP contribution in [0.15, 0.2) is 30.9 Å². The third-order valence-corrected chi connectivity index (χ3v) is 2.20. The molecule has 68 valence electrons. The number of nitrogens with two attached hydrogens (primary N) is 1. The van der Waals surface area contributed by atoms with Crippen molar-refractivity contribution in [2.24, 2.45) is 0 Å². The van der Waals surface area contributed by atoms with Crippen molar-refractivity contribution in [3.63, 3.8) is 0 Å². The Bertz CT molecular complexity index is 348. The van der Waals surface area contributed by atoms with Gasteiger partial charge in [-0.1, -0.05) is 30.9 Å². The van der Waals surface area contributed by atoms with Gasteiger partial charge in [-0.2, -0.15) is 0 Å². The number of nitrogen functional groups attached to an aromatic ring is 1. The highest BCUT2D eigenvalue weighted by atomic mass is 14.6. The largest absolute Gasteiger partial charge is 0.398 e. The second-order valence-electron chi connectivity index (χ2n) is 3.02. The van der Waals surface area contributed by atoms with Crippen LogP contribution in [-0.4, -0.2) is 0 Å². The zero-order valence-electron chi connectivity index (χ0n) is 8.17. The Kier molecular flexibility index (Phi) is 2.91. The second kappa shape index (κ2) is 3.94. The Morgan fingerprint density at radius 3 is 2.62 bits per heavy atom. The van der Waals surface area contributed by atoms with E-state index in [1.807, 2.05) is 19.1 Å². The predicted octanol–water partition coefficient (Wildman–Crippen LogP) is 3.34. The lowest BCUT2D eigenvalue weighted by molar-refractivity contribution is 1.53. The fourth-order valence-electron chi connectivity index (χ4n) is 1.17. The van der Waals surface area contributed by atoms with Crippen LogP contribution < -0.4 is 5.73 Å². The Hall–Kier alpha value is -1.50. The summed E-state index contributed by atoms with van der Waals surface area (Å²) in [5.41, 5.74) is 10.0. The van der Waals surface area contributed by atoms with E-state index < -0.39 is 0 Å². The van der Waals surface area contributed by atoms with Crippen molar-refractivity contribution in [1.82, 2.24) is 0 Å². The van der Waals surface area contributed by atoms with E-state index in [1.165, 1.54) is 11.1 Å². The molecular formula is C12H15N. The van der Waals surface area contributed by atoms with Gasteiger partial charge >= 0.3 is 0 Å². The summed E-state index contributed by atoms with van der Waals surface area (Å²) < 4.78 is 0. The minimum absolute atomic E-state index is 0.786. The smallest absolute Gasteiger partial charge is 0.0393 e. The minimum Gasteiger partial charge on any atom is -0.398 e. The van der Waals surface area contributed by atoms with Crippen LogP contribution in [-0.2, 0) is 0 Å². The number of rotatable bonds is 2. The van der Waals surface area contributed by atoms with Crippen molar-refractivity contribution in [3.8, 4) is 0 Å². The van der Waals surface area contributed by atoms with Crippen molar-refractivity contribution in [3.05, 3.63) is 42.0 Å². The van der Waals surface area contributed by atoms with Gasteiger partial charge in [-0.05, 0) is 36.6 Å². The van der Waals surface area contributed by atoms with Crippen LogP contribution in [0, 0.1) is 0 Å². The molecule has 0 fully saturated rings. The molecule has 0 heterocycles. The van der Waals surface area contributed by atoms with Crippen LogP contribution in [0.25, 0.3) is 11.6 Å². The van der Waals surface area contributed by atoms with Crippen LogP contribution in [0.1, 0.15) is 25.0 Å². The first-order valence-electron chi connectivity index (χ1n) is 4.34. The number of hydrogen-bond acceptors (Lipinski definition) is 1. The molecule has 1 rings (SSSR count). The van der Waals surface area contributed by atoms with E-state index in [9.17, 15) is 0 Å². The van der Waals surface area contributed by atoms with E-state index in [-0.39, 0.29) is 0 Å². The molecule has 0 bridgehead atoms. The van der Waals surface area contributed by atoms with Gasteiger partial charge in [-0.3, -0.25) is 0 Å². The Labute approximate surface area is 79.6 Å². The third kappa shape index (κ3) is 2.00. The lowest BCUT2D eigenvalue weighted by Gasteiger charge is -2.04. The summed E-state index contributed by atoms with van der Waals surface area (Å²) in [4.78, 5) is 0. The monoisotopic (exact) mass is 173 g/mol. The quantitative estimate of drug-likeness (QED) is 0.682. The molecule has 0 spiro atoms. The number of allylic oxidation sites excluding steroid dienone is 2. The van der Waals surface area contributed by atoms with E-state index in [2.05, 4.69) is 25.6 Å². The maximum absolute atomic E-state index is 5.83. The van der Waals surface area contributed by atoms with Gasteiger partial charge in [0.15, 0.2) is 0 Å². The molecule has 0 aliphatic carbocycles. The van der Waals surface area contributed by atoms with Gasteiger partial charge in [0, 0.05) is 5.69 Å². The van der Waals surface area contributed by atoms with Gasteiger partial charge in [0.2, 0.25) is 0 Å². The zero-order valence-corrected chi connectivity index (χ0v) is 8.17. The fraction of sp³-hybridized carbons (Fsp3) is 0.167. The summed E-state index contributed by atoms with van der Waals surface area (Å²) >= 11 is 0. The normalized spacial score (nSPS) is 11.4. The van der Waals surface area contributed by atoms with Crippen LogP contribution in [0.3, 0.4) is 0 Å². The van der Waals surface area contributed by atoms with Crippen molar-refractivity contribution < 1.29 is 0 Å². The second-order valence-corrected chi connectivity index (χ2v) is 3.02. The Morgan fingerprint density at radius 1 is 1.46 bits per heavy atom. The summed E-state index contributed by atoms with van der Waals surface area (Å²) in [5, 5.41) is 0. The predicted molar refractivity (Wildman–Crippen MR) is 60.3 cm³/mol. The molecule has 1 nitrogen and oxygen atoms in total. The molecule has 0 unspecified atom stereocenters. The first kappa shape index (κ1) is 9.59. The van der Waals surface area contributed by atoms with Crippen molar-refractivity contribution >= 4 is 17.3 Å². The highest BCUT2D eigenvalue weighted by Gasteiger charge is 1.98. The summed E-state index contributed by atoms with van der Waals surface area (Å²) in [5.74, 6) is 0. The summed E-state index contributed by atoms with van der Waals surface area (Å²) in [6, 6.07) is 6.03. The minimum atomic E-state index is 0.786. The summed E-state index contributed by atoms with van der Waals surface area (Å²) in [7, 11) is 0. The van der Waals surface area contributed by atoms with Gasteiger partial charge in [0.1, 0.15) is 0 Å². The van der Waals surface area contributed by atoms with E-state index in [0.29, 0.717) is 0 Å². The molecule has 2 N–H and O–H groups in total. The standard InChI is InChI=1S/C12H15N/c1-4-9(3)11-7-6-10(5-2)12(13)8-11/h4-8H,2,13H2,1,3H3/b9-4+. The molecule has 0 saturated carbocycles. The van der Waals surface area contributed by atoms with E-state index in [1.54, 1.807) is 6.08 Å². The maximum atomic E-state index is 5.83. The van der Waals surface area contributed by atoms with Gasteiger partial charge in [0.05, 0.1) is 0 Å². The first-order chi connectivity index (χ1) is 6.19. The van der Waals surface area contributed by atoms with Crippen LogP contribution >= 0.6 is 0 Å². The van der Waals surface area contributed by atoms with Gasteiger partial charge in [-0.15, -0.1) is 0 Å². The average Bonchev–Trinajstić information content (AvgIpc) is 2.16. The lowest BCUT2D eigenvalue weighted by atomic mass is 10.0. The molecule has 0 aliphatic heterocycles. The molecule has 1 aromatic rings. The molecule has 0 aliphatic rings. The number of anilines is 1. The zero-order chi connectivity index (χ0) is 9.84. The SMILES string of the molecule is C=Cc1ccc(/C(C)=C/C)cc1N. The molecule has 0 radical (unpaired) electrons. The summed E-state index contributed by atoms with van der Waals surface area (Å²) in [6.07, 6.45) is 3.84. The average molecular weight is 173 g/mol. The first-order valence-corrected chi connectivity index (χ1v) is 4.34. The van der Waals surface area contributed by atoms with Crippen LogP contribution in [0.2, 0.25) is 0 Å². The van der Waals surface area contributed by atoms with Gasteiger partial charge < -0.3 is 5.73 Å². The van der Waals surface area contributed by atoms with E-state index in [0.717, 1.165) is 11.3 Å². The van der Waals surface area contributed by atoms with Gasteiger partial charge in [-0.25, -0.2) is 0 Å². The van der Waals surface area contributed by atoms with Crippen LogP contribution in [0.5, 0.6) is 0 Å². The Balaban J connectivity index is 3.17. The molecule has 0 aromatic heterocycles. The molecule has 0 atom stereocenters. The molecular weight excluding hydrogens is 158 g/mol. The maximum Gasteiger partial charge on any atom is 0.0393 e. The Morgan fingerprint density at radius 2 is 2.15 bits per heavy atom. The van der Waals surface area contributed by atoms with E-state index in [4.69, 9.17) is 5.73 Å².